The van der Waals surface area contributed by atoms with Gasteiger partial charge in [0, 0.05) is 12.6 Å². The highest BCUT2D eigenvalue weighted by atomic mass is 16.5. The Morgan fingerprint density at radius 1 is 1.21 bits per heavy atom. The van der Waals surface area contributed by atoms with Crippen LogP contribution in [0, 0.1) is 17.8 Å². The lowest BCUT2D eigenvalue weighted by Gasteiger charge is -2.28. The summed E-state index contributed by atoms with van der Waals surface area (Å²) in [6.45, 7) is 3.34. The minimum atomic E-state index is 0.650. The average molecular weight is 259 g/mol. The van der Waals surface area contributed by atoms with Crippen molar-refractivity contribution in [2.45, 2.75) is 45.2 Å². The van der Waals surface area contributed by atoms with Crippen LogP contribution in [0.2, 0.25) is 0 Å². The zero-order valence-corrected chi connectivity index (χ0v) is 12.1. The fraction of sp³-hybridized carbons (Fsp3) is 0.647. The van der Waals surface area contributed by atoms with Gasteiger partial charge < -0.3 is 10.1 Å². The molecule has 19 heavy (non-hydrogen) atoms. The number of hydrogen-bond acceptors (Lipinski definition) is 2. The van der Waals surface area contributed by atoms with Crippen molar-refractivity contribution in [3.05, 3.63) is 29.8 Å². The molecule has 1 aromatic carbocycles. The van der Waals surface area contributed by atoms with Crippen molar-refractivity contribution in [2.75, 3.05) is 7.11 Å². The lowest BCUT2D eigenvalue weighted by Crippen LogP contribution is -2.35. The van der Waals surface area contributed by atoms with Crippen LogP contribution in [0.4, 0.5) is 0 Å². The molecule has 0 heterocycles. The molecule has 104 valence electrons. The third kappa shape index (κ3) is 2.79. The third-order valence-corrected chi connectivity index (χ3v) is 5.22. The minimum absolute atomic E-state index is 0.650. The molecular weight excluding hydrogens is 234 g/mol. The Morgan fingerprint density at radius 3 is 2.58 bits per heavy atom. The summed E-state index contributed by atoms with van der Waals surface area (Å²) >= 11 is 0. The predicted molar refractivity (Wildman–Crippen MR) is 78.2 cm³/mol. The van der Waals surface area contributed by atoms with Crippen molar-refractivity contribution in [3.8, 4) is 5.75 Å². The van der Waals surface area contributed by atoms with Gasteiger partial charge in [-0.3, -0.25) is 0 Å². The fourth-order valence-electron chi connectivity index (χ4n) is 4.08. The van der Waals surface area contributed by atoms with Gasteiger partial charge >= 0.3 is 0 Å². The Bertz CT molecular complexity index is 414. The van der Waals surface area contributed by atoms with Gasteiger partial charge in [-0.25, -0.2) is 0 Å². The second kappa shape index (κ2) is 5.54. The molecule has 0 saturated heterocycles. The molecule has 0 aliphatic heterocycles. The summed E-state index contributed by atoms with van der Waals surface area (Å²) in [6, 6.07) is 9.04. The summed E-state index contributed by atoms with van der Waals surface area (Å²) in [7, 11) is 1.71. The van der Waals surface area contributed by atoms with Crippen molar-refractivity contribution in [2.24, 2.45) is 17.8 Å². The molecule has 2 heteroatoms. The highest BCUT2D eigenvalue weighted by Crippen LogP contribution is 2.49. The number of ether oxygens (including phenoxy) is 1. The number of hydrogen-bond donors (Lipinski definition) is 1. The molecule has 3 rings (SSSR count). The fourth-order valence-corrected chi connectivity index (χ4v) is 4.08. The van der Waals surface area contributed by atoms with Gasteiger partial charge in [0.25, 0.3) is 0 Å². The maximum Gasteiger partial charge on any atom is 0.118 e. The molecule has 2 fully saturated rings. The van der Waals surface area contributed by atoms with E-state index in [0.717, 1.165) is 30.0 Å². The first-order chi connectivity index (χ1) is 9.26. The van der Waals surface area contributed by atoms with Gasteiger partial charge in [-0.2, -0.15) is 0 Å². The molecule has 2 bridgehead atoms. The van der Waals surface area contributed by atoms with Crippen molar-refractivity contribution >= 4 is 0 Å². The van der Waals surface area contributed by atoms with E-state index >= 15 is 0 Å². The molecule has 1 N–H and O–H groups in total. The van der Waals surface area contributed by atoms with Crippen molar-refractivity contribution < 1.29 is 4.74 Å². The summed E-state index contributed by atoms with van der Waals surface area (Å²) in [5.74, 6) is 3.89. The highest BCUT2D eigenvalue weighted by molar-refractivity contribution is 5.27. The smallest absolute Gasteiger partial charge is 0.118 e. The van der Waals surface area contributed by atoms with Crippen LogP contribution in [0.5, 0.6) is 5.75 Å². The first-order valence-corrected chi connectivity index (χ1v) is 7.62. The van der Waals surface area contributed by atoms with E-state index in [1.54, 1.807) is 7.11 Å². The molecule has 2 aliphatic rings. The van der Waals surface area contributed by atoms with Gasteiger partial charge in [0.05, 0.1) is 7.11 Å². The van der Waals surface area contributed by atoms with Crippen LogP contribution in [0.1, 0.15) is 38.2 Å². The molecule has 2 nitrogen and oxygen atoms in total. The van der Waals surface area contributed by atoms with Crippen molar-refractivity contribution in [1.29, 1.82) is 0 Å². The van der Waals surface area contributed by atoms with Gasteiger partial charge in [0.1, 0.15) is 5.75 Å². The molecule has 0 spiro atoms. The van der Waals surface area contributed by atoms with Crippen LogP contribution in [-0.4, -0.2) is 13.2 Å². The highest BCUT2D eigenvalue weighted by Gasteiger charge is 2.41. The van der Waals surface area contributed by atoms with Gasteiger partial charge in [-0.1, -0.05) is 18.6 Å². The average Bonchev–Trinajstić information content (AvgIpc) is 3.08. The summed E-state index contributed by atoms with van der Waals surface area (Å²) < 4.78 is 5.19. The number of benzene rings is 1. The lowest BCUT2D eigenvalue weighted by atomic mass is 9.84. The van der Waals surface area contributed by atoms with Crippen LogP contribution in [-0.2, 0) is 6.54 Å². The quantitative estimate of drug-likeness (QED) is 0.872. The summed E-state index contributed by atoms with van der Waals surface area (Å²) in [4.78, 5) is 0. The Hall–Kier alpha value is -1.02. The Balaban J connectivity index is 1.51. The Morgan fingerprint density at radius 2 is 2.00 bits per heavy atom. The molecule has 0 amide bonds. The van der Waals surface area contributed by atoms with Crippen molar-refractivity contribution in [3.63, 3.8) is 0 Å². The maximum absolute atomic E-state index is 5.19. The lowest BCUT2D eigenvalue weighted by molar-refractivity contribution is 0.259. The van der Waals surface area contributed by atoms with E-state index < -0.39 is 0 Å². The van der Waals surface area contributed by atoms with E-state index in [4.69, 9.17) is 4.74 Å². The predicted octanol–water partition coefficient (Wildman–Crippen LogP) is 3.61. The number of nitrogens with one attached hydrogen (secondary N) is 1. The normalized spacial score (nSPS) is 30.5. The molecule has 0 radical (unpaired) electrons. The number of fused-ring (bicyclic) bond motifs is 2. The summed E-state index contributed by atoms with van der Waals surface area (Å²) in [5, 5.41) is 3.72. The van der Waals surface area contributed by atoms with Gasteiger partial charge in [0.15, 0.2) is 0 Å². The van der Waals surface area contributed by atoms with E-state index in [9.17, 15) is 0 Å². The van der Waals surface area contributed by atoms with Crippen LogP contribution in [0.15, 0.2) is 24.3 Å². The molecular formula is C17H25NO. The van der Waals surface area contributed by atoms with Gasteiger partial charge in [0.2, 0.25) is 0 Å². The monoisotopic (exact) mass is 259 g/mol. The Kier molecular flexibility index (Phi) is 3.79. The minimum Gasteiger partial charge on any atom is -0.497 e. The number of rotatable bonds is 5. The molecule has 0 aromatic heterocycles. The molecule has 2 saturated carbocycles. The molecule has 4 atom stereocenters. The summed E-state index contributed by atoms with van der Waals surface area (Å²) in [6.07, 6.45) is 5.93. The van der Waals surface area contributed by atoms with E-state index in [0.29, 0.717) is 6.04 Å². The largest absolute Gasteiger partial charge is 0.497 e. The zero-order chi connectivity index (χ0) is 13.2. The third-order valence-electron chi connectivity index (χ3n) is 5.22. The van der Waals surface area contributed by atoms with Crippen molar-refractivity contribution in [1.82, 2.24) is 5.32 Å². The van der Waals surface area contributed by atoms with Crippen LogP contribution in [0.25, 0.3) is 0 Å². The van der Waals surface area contributed by atoms with E-state index in [1.807, 2.05) is 12.1 Å². The van der Waals surface area contributed by atoms with Gasteiger partial charge in [-0.05, 0) is 61.6 Å². The zero-order valence-electron chi connectivity index (χ0n) is 12.1. The topological polar surface area (TPSA) is 21.3 Å². The first kappa shape index (κ1) is 13.0. The Labute approximate surface area is 116 Å². The first-order valence-electron chi connectivity index (χ1n) is 7.62. The van der Waals surface area contributed by atoms with Crippen LogP contribution in [0.3, 0.4) is 0 Å². The van der Waals surface area contributed by atoms with Crippen LogP contribution < -0.4 is 10.1 Å². The standard InChI is InChI=1S/C17H25NO/c1-12(17-10-14-3-6-15(17)9-14)18-11-13-4-7-16(19-2)8-5-13/h4-5,7-8,12,14-15,17-18H,3,6,9-11H2,1-2H3. The molecule has 4 unspecified atom stereocenters. The van der Waals surface area contributed by atoms with E-state index in [1.165, 1.54) is 31.2 Å². The molecule has 1 aromatic rings. The van der Waals surface area contributed by atoms with Crippen LogP contribution >= 0.6 is 0 Å². The second-order valence-corrected chi connectivity index (χ2v) is 6.36. The SMILES string of the molecule is COc1ccc(CNC(C)C2CC3CCC2C3)cc1. The number of methoxy groups -OCH3 is 1. The van der Waals surface area contributed by atoms with E-state index in [2.05, 4.69) is 24.4 Å². The maximum atomic E-state index is 5.19. The summed E-state index contributed by atoms with van der Waals surface area (Å²) in [5.41, 5.74) is 1.34. The second-order valence-electron chi connectivity index (χ2n) is 6.36. The van der Waals surface area contributed by atoms with E-state index in [-0.39, 0.29) is 0 Å². The van der Waals surface area contributed by atoms with Gasteiger partial charge in [-0.15, -0.1) is 0 Å². The molecule has 2 aliphatic carbocycles.